The van der Waals surface area contributed by atoms with Crippen molar-refractivity contribution in [2.45, 2.75) is 0 Å². The SMILES string of the molecule is CNC(=O)c1ccsc1NC(=O)c1cc2ccccc2cc1OC. The molecule has 1 aromatic heterocycles. The molecule has 0 spiro atoms. The molecule has 0 atom stereocenters. The fourth-order valence-electron chi connectivity index (χ4n) is 2.46. The topological polar surface area (TPSA) is 67.4 Å². The first-order valence-corrected chi connectivity index (χ1v) is 8.19. The van der Waals surface area contributed by atoms with Gasteiger partial charge in [0.05, 0.1) is 18.2 Å². The van der Waals surface area contributed by atoms with Gasteiger partial charge in [0.1, 0.15) is 10.8 Å². The molecule has 122 valence electrons. The molecule has 0 aliphatic heterocycles. The Morgan fingerprint density at radius 1 is 1.00 bits per heavy atom. The minimum absolute atomic E-state index is 0.239. The van der Waals surface area contributed by atoms with E-state index in [0.717, 1.165) is 10.8 Å². The van der Waals surface area contributed by atoms with Crippen molar-refractivity contribution in [3.05, 3.63) is 59.0 Å². The molecule has 24 heavy (non-hydrogen) atoms. The van der Waals surface area contributed by atoms with Crippen molar-refractivity contribution in [3.8, 4) is 5.75 Å². The normalized spacial score (nSPS) is 10.4. The first kappa shape index (κ1) is 16.0. The molecule has 5 nitrogen and oxygen atoms in total. The van der Waals surface area contributed by atoms with Gasteiger partial charge in [-0.1, -0.05) is 24.3 Å². The predicted molar refractivity (Wildman–Crippen MR) is 96.2 cm³/mol. The van der Waals surface area contributed by atoms with E-state index < -0.39 is 0 Å². The minimum Gasteiger partial charge on any atom is -0.496 e. The van der Waals surface area contributed by atoms with Crippen molar-refractivity contribution in [1.29, 1.82) is 0 Å². The van der Waals surface area contributed by atoms with Crippen LogP contribution < -0.4 is 15.4 Å². The molecular formula is C18H16N2O3S. The smallest absolute Gasteiger partial charge is 0.260 e. The zero-order chi connectivity index (χ0) is 17.1. The molecule has 0 unspecified atom stereocenters. The minimum atomic E-state index is -0.315. The van der Waals surface area contributed by atoms with Gasteiger partial charge in [0.2, 0.25) is 0 Å². The molecule has 0 aliphatic carbocycles. The molecule has 2 N–H and O–H groups in total. The van der Waals surface area contributed by atoms with E-state index in [2.05, 4.69) is 10.6 Å². The van der Waals surface area contributed by atoms with E-state index in [0.29, 0.717) is 21.9 Å². The number of anilines is 1. The summed E-state index contributed by atoms with van der Waals surface area (Å²) in [7, 11) is 3.08. The van der Waals surface area contributed by atoms with Crippen molar-refractivity contribution >= 4 is 38.9 Å². The van der Waals surface area contributed by atoms with Crippen LogP contribution >= 0.6 is 11.3 Å². The predicted octanol–water partition coefficient (Wildman–Crippen LogP) is 3.52. The van der Waals surface area contributed by atoms with Gasteiger partial charge in [0.25, 0.3) is 11.8 Å². The number of hydrogen-bond donors (Lipinski definition) is 2. The summed E-state index contributed by atoms with van der Waals surface area (Å²) in [5.41, 5.74) is 0.864. The van der Waals surface area contributed by atoms with Crippen LogP contribution in [0.4, 0.5) is 5.00 Å². The highest BCUT2D eigenvalue weighted by Crippen LogP contribution is 2.29. The van der Waals surface area contributed by atoms with E-state index in [1.165, 1.54) is 18.4 Å². The maximum atomic E-state index is 12.7. The summed E-state index contributed by atoms with van der Waals surface area (Å²) in [6.45, 7) is 0. The lowest BCUT2D eigenvalue weighted by Gasteiger charge is -2.11. The Labute approximate surface area is 143 Å². The number of thiophene rings is 1. The molecule has 0 fully saturated rings. The van der Waals surface area contributed by atoms with E-state index in [1.54, 1.807) is 24.6 Å². The third-order valence-corrected chi connectivity index (χ3v) is 4.51. The lowest BCUT2D eigenvalue weighted by molar-refractivity contribution is 0.0964. The van der Waals surface area contributed by atoms with Gasteiger partial charge in [0.15, 0.2) is 0 Å². The number of carbonyl (C=O) groups excluding carboxylic acids is 2. The Balaban J connectivity index is 1.97. The summed E-state index contributed by atoms with van der Waals surface area (Å²) in [5, 5.41) is 9.57. The van der Waals surface area contributed by atoms with Crippen molar-refractivity contribution < 1.29 is 14.3 Å². The second-order valence-electron chi connectivity index (χ2n) is 5.10. The van der Waals surface area contributed by atoms with Gasteiger partial charge in [-0.25, -0.2) is 0 Å². The van der Waals surface area contributed by atoms with Crippen molar-refractivity contribution in [2.75, 3.05) is 19.5 Å². The summed E-state index contributed by atoms with van der Waals surface area (Å²) in [6, 6.07) is 13.0. The van der Waals surface area contributed by atoms with Gasteiger partial charge in [-0.3, -0.25) is 9.59 Å². The Bertz CT molecular complexity index is 918. The highest BCUT2D eigenvalue weighted by Gasteiger charge is 2.18. The number of nitrogens with one attached hydrogen (secondary N) is 2. The molecule has 2 amide bonds. The summed E-state index contributed by atoms with van der Waals surface area (Å²) < 4.78 is 5.36. The van der Waals surface area contributed by atoms with E-state index in [1.807, 2.05) is 30.3 Å². The zero-order valence-corrected chi connectivity index (χ0v) is 14.1. The van der Waals surface area contributed by atoms with Gasteiger partial charge in [-0.05, 0) is 34.4 Å². The zero-order valence-electron chi connectivity index (χ0n) is 13.3. The second-order valence-corrected chi connectivity index (χ2v) is 6.01. The number of fused-ring (bicyclic) bond motifs is 1. The van der Waals surface area contributed by atoms with Crippen molar-refractivity contribution in [1.82, 2.24) is 5.32 Å². The van der Waals surface area contributed by atoms with Gasteiger partial charge in [-0.2, -0.15) is 0 Å². The van der Waals surface area contributed by atoms with Crippen LogP contribution in [-0.4, -0.2) is 26.0 Å². The monoisotopic (exact) mass is 340 g/mol. The number of methoxy groups -OCH3 is 1. The van der Waals surface area contributed by atoms with Crippen LogP contribution in [0.25, 0.3) is 10.8 Å². The quantitative estimate of drug-likeness (QED) is 0.763. The number of carbonyl (C=O) groups is 2. The lowest BCUT2D eigenvalue weighted by atomic mass is 10.1. The summed E-state index contributed by atoms with van der Waals surface area (Å²) in [4.78, 5) is 24.5. The summed E-state index contributed by atoms with van der Waals surface area (Å²) >= 11 is 1.30. The molecule has 0 radical (unpaired) electrons. The standard InChI is InChI=1S/C18H16N2O3S/c1-19-16(21)13-7-8-24-18(13)20-17(22)14-9-11-5-3-4-6-12(11)10-15(14)23-2/h3-10H,1-2H3,(H,19,21)(H,20,22). The van der Waals surface area contributed by atoms with Gasteiger partial charge in [-0.15, -0.1) is 11.3 Å². The van der Waals surface area contributed by atoms with Crippen LogP contribution in [0, 0.1) is 0 Å². The average molecular weight is 340 g/mol. The average Bonchev–Trinajstić information content (AvgIpc) is 3.07. The molecule has 6 heteroatoms. The highest BCUT2D eigenvalue weighted by atomic mass is 32.1. The van der Waals surface area contributed by atoms with Crippen LogP contribution in [0.3, 0.4) is 0 Å². The molecule has 2 aromatic carbocycles. The maximum absolute atomic E-state index is 12.7. The van der Waals surface area contributed by atoms with E-state index in [9.17, 15) is 9.59 Å². The van der Waals surface area contributed by atoms with Crippen LogP contribution in [0.15, 0.2) is 47.8 Å². The van der Waals surface area contributed by atoms with Crippen LogP contribution in [-0.2, 0) is 0 Å². The molecule has 3 aromatic rings. The molecule has 0 bridgehead atoms. The summed E-state index contributed by atoms with van der Waals surface area (Å²) in [5.74, 6) is -0.0634. The van der Waals surface area contributed by atoms with Gasteiger partial charge >= 0.3 is 0 Å². The Kier molecular flexibility index (Phi) is 4.48. The maximum Gasteiger partial charge on any atom is 0.260 e. The Morgan fingerprint density at radius 2 is 1.71 bits per heavy atom. The number of rotatable bonds is 4. The van der Waals surface area contributed by atoms with E-state index >= 15 is 0 Å². The molecule has 1 heterocycles. The number of amides is 2. The second kappa shape index (κ2) is 6.72. The first-order valence-electron chi connectivity index (χ1n) is 7.31. The lowest BCUT2D eigenvalue weighted by Crippen LogP contribution is -2.20. The van der Waals surface area contributed by atoms with Crippen LogP contribution in [0.5, 0.6) is 5.75 Å². The highest BCUT2D eigenvalue weighted by molar-refractivity contribution is 7.14. The van der Waals surface area contributed by atoms with Crippen LogP contribution in [0.2, 0.25) is 0 Å². The van der Waals surface area contributed by atoms with Gasteiger partial charge < -0.3 is 15.4 Å². The van der Waals surface area contributed by atoms with Crippen LogP contribution in [0.1, 0.15) is 20.7 Å². The van der Waals surface area contributed by atoms with Gasteiger partial charge in [0, 0.05) is 7.05 Å². The number of hydrogen-bond acceptors (Lipinski definition) is 4. The summed E-state index contributed by atoms with van der Waals surface area (Å²) in [6.07, 6.45) is 0. The van der Waals surface area contributed by atoms with Crippen molar-refractivity contribution in [3.63, 3.8) is 0 Å². The molecule has 0 saturated carbocycles. The fraction of sp³-hybridized carbons (Fsp3) is 0.111. The fourth-order valence-corrected chi connectivity index (χ4v) is 3.24. The Morgan fingerprint density at radius 3 is 2.38 bits per heavy atom. The van der Waals surface area contributed by atoms with E-state index in [4.69, 9.17) is 4.74 Å². The molecule has 0 saturated heterocycles. The third-order valence-electron chi connectivity index (χ3n) is 3.68. The molecular weight excluding hydrogens is 324 g/mol. The Hall–Kier alpha value is -2.86. The van der Waals surface area contributed by atoms with E-state index in [-0.39, 0.29) is 11.8 Å². The van der Waals surface area contributed by atoms with Crippen molar-refractivity contribution in [2.24, 2.45) is 0 Å². The number of ether oxygens (including phenoxy) is 1. The number of benzene rings is 2. The first-order chi connectivity index (χ1) is 11.6. The third kappa shape index (κ3) is 2.96. The largest absolute Gasteiger partial charge is 0.496 e. The molecule has 3 rings (SSSR count). The molecule has 0 aliphatic rings.